The van der Waals surface area contributed by atoms with Crippen molar-refractivity contribution in [2.24, 2.45) is 0 Å². The topological polar surface area (TPSA) is 9.23 Å². The number of halogens is 3. The maximum Gasteiger partial charge on any atom is 0.247 e. The predicted molar refractivity (Wildman–Crippen MR) is 43.5 cm³/mol. The third kappa shape index (κ3) is 2.08. The number of hydrogen-bond donors (Lipinski definition) is 0. The van der Waals surface area contributed by atoms with Crippen LogP contribution in [0.3, 0.4) is 0 Å². The van der Waals surface area contributed by atoms with Crippen LogP contribution >= 0.6 is 34.8 Å². The molecule has 0 amide bonds. The number of ether oxygens (including phenoxy) is 1. The first kappa shape index (κ1) is 8.25. The molecule has 0 aliphatic carbocycles. The lowest BCUT2D eigenvalue weighted by Crippen LogP contribution is -2.12. The van der Waals surface area contributed by atoms with Crippen molar-refractivity contribution in [1.29, 1.82) is 0 Å². The Morgan fingerprint density at radius 2 is 2.10 bits per heavy atom. The van der Waals surface area contributed by atoms with Crippen LogP contribution in [-0.2, 0) is 4.74 Å². The van der Waals surface area contributed by atoms with E-state index in [0.717, 1.165) is 0 Å². The van der Waals surface area contributed by atoms with E-state index < -0.39 is 3.79 Å². The van der Waals surface area contributed by atoms with Crippen LogP contribution in [0.4, 0.5) is 0 Å². The lowest BCUT2D eigenvalue weighted by molar-refractivity contribution is 0.239. The van der Waals surface area contributed by atoms with E-state index in [2.05, 4.69) is 0 Å². The van der Waals surface area contributed by atoms with Crippen LogP contribution in [0.1, 0.15) is 0 Å². The van der Waals surface area contributed by atoms with E-state index in [4.69, 9.17) is 39.5 Å². The third-order valence-electron chi connectivity index (χ3n) is 0.998. The summed E-state index contributed by atoms with van der Waals surface area (Å²) in [6.07, 6.45) is 5.26. The van der Waals surface area contributed by atoms with Gasteiger partial charge in [0.1, 0.15) is 12.4 Å². The van der Waals surface area contributed by atoms with E-state index >= 15 is 0 Å². The second-order valence-corrected chi connectivity index (χ2v) is 4.05. The fourth-order valence-corrected chi connectivity index (χ4v) is 0.926. The molecule has 4 heteroatoms. The Bertz CT molecular complexity index is 178. The van der Waals surface area contributed by atoms with Gasteiger partial charge in [-0.1, -0.05) is 40.9 Å². The zero-order valence-electron chi connectivity index (χ0n) is 4.98. The van der Waals surface area contributed by atoms with Crippen molar-refractivity contribution >= 4 is 34.8 Å². The van der Waals surface area contributed by atoms with Gasteiger partial charge in [-0.3, -0.25) is 0 Å². The minimum absolute atomic E-state index is 0.375. The van der Waals surface area contributed by atoms with Crippen LogP contribution in [0.15, 0.2) is 24.0 Å². The molecule has 0 saturated heterocycles. The Morgan fingerprint density at radius 1 is 1.40 bits per heavy atom. The molecule has 0 unspecified atom stereocenters. The van der Waals surface area contributed by atoms with E-state index in [9.17, 15) is 0 Å². The zero-order valence-corrected chi connectivity index (χ0v) is 7.25. The summed E-state index contributed by atoms with van der Waals surface area (Å²) in [4.78, 5) is 0. The van der Waals surface area contributed by atoms with Crippen molar-refractivity contribution in [2.75, 3.05) is 6.61 Å². The van der Waals surface area contributed by atoms with Gasteiger partial charge in [0.05, 0.1) is 0 Å². The highest BCUT2D eigenvalue weighted by molar-refractivity contribution is 6.69. The molecule has 1 rings (SSSR count). The van der Waals surface area contributed by atoms with Crippen LogP contribution in [0.5, 0.6) is 0 Å². The Hall–Kier alpha value is 0.150. The third-order valence-corrected chi connectivity index (χ3v) is 1.56. The Balaban J connectivity index is 2.72. The first-order chi connectivity index (χ1) is 4.61. The summed E-state index contributed by atoms with van der Waals surface area (Å²) >= 11 is 16.5. The molecule has 0 radical (unpaired) electrons. The van der Waals surface area contributed by atoms with Crippen LogP contribution in [0, 0.1) is 0 Å². The molecule has 0 saturated carbocycles. The molecule has 56 valence electrons. The maximum atomic E-state index is 5.52. The number of alkyl halides is 3. The van der Waals surface area contributed by atoms with E-state index in [0.29, 0.717) is 12.4 Å². The van der Waals surface area contributed by atoms with Gasteiger partial charge in [-0.05, 0) is 12.2 Å². The molecule has 0 atom stereocenters. The van der Waals surface area contributed by atoms with Crippen molar-refractivity contribution in [3.8, 4) is 0 Å². The van der Waals surface area contributed by atoms with Gasteiger partial charge >= 0.3 is 0 Å². The molecular weight excluding hydrogens is 194 g/mol. The molecule has 1 aliphatic heterocycles. The fraction of sp³-hybridized carbons (Fsp3) is 0.333. The normalized spacial score (nSPS) is 18.1. The van der Waals surface area contributed by atoms with Gasteiger partial charge in [-0.2, -0.15) is 0 Å². The number of hydrogen-bond acceptors (Lipinski definition) is 1. The lowest BCUT2D eigenvalue weighted by Gasteiger charge is -2.17. The highest BCUT2D eigenvalue weighted by Gasteiger charge is 2.27. The molecule has 0 aromatic rings. The first-order valence-electron chi connectivity index (χ1n) is 2.67. The smallest absolute Gasteiger partial charge is 0.247 e. The standard InChI is InChI=1S/C6H5Cl3O/c7-6(8,9)5-3-1-2-4-10-5/h1-3H,4H2. The molecule has 0 aromatic carbocycles. The van der Waals surface area contributed by atoms with Crippen LogP contribution < -0.4 is 0 Å². The van der Waals surface area contributed by atoms with Gasteiger partial charge in [0, 0.05) is 0 Å². The van der Waals surface area contributed by atoms with E-state index in [-0.39, 0.29) is 0 Å². The van der Waals surface area contributed by atoms with Crippen molar-refractivity contribution in [3.05, 3.63) is 24.0 Å². The van der Waals surface area contributed by atoms with Gasteiger partial charge < -0.3 is 4.74 Å². The quantitative estimate of drug-likeness (QED) is 0.545. The van der Waals surface area contributed by atoms with Crippen LogP contribution in [0.2, 0.25) is 0 Å². The first-order valence-corrected chi connectivity index (χ1v) is 3.81. The summed E-state index contributed by atoms with van der Waals surface area (Å²) < 4.78 is 3.60. The molecule has 0 spiro atoms. The average Bonchev–Trinajstić information content (AvgIpc) is 1.88. The lowest BCUT2D eigenvalue weighted by atomic mass is 10.4. The minimum Gasteiger partial charge on any atom is -0.489 e. The summed E-state index contributed by atoms with van der Waals surface area (Å²) in [7, 11) is 0. The predicted octanol–water partition coefficient (Wildman–Crippen LogP) is 2.83. The van der Waals surface area contributed by atoms with E-state index in [1.165, 1.54) is 0 Å². The summed E-state index contributed by atoms with van der Waals surface area (Å²) in [5.41, 5.74) is 0. The fourth-order valence-electron chi connectivity index (χ4n) is 0.573. The van der Waals surface area contributed by atoms with Crippen molar-refractivity contribution in [1.82, 2.24) is 0 Å². The molecule has 10 heavy (non-hydrogen) atoms. The Kier molecular flexibility index (Phi) is 2.50. The Morgan fingerprint density at radius 3 is 2.40 bits per heavy atom. The van der Waals surface area contributed by atoms with Gasteiger partial charge in [0.15, 0.2) is 0 Å². The molecule has 1 aliphatic rings. The van der Waals surface area contributed by atoms with E-state index in [1.54, 1.807) is 12.2 Å². The van der Waals surface area contributed by atoms with Crippen molar-refractivity contribution in [3.63, 3.8) is 0 Å². The van der Waals surface area contributed by atoms with Crippen LogP contribution in [0.25, 0.3) is 0 Å². The molecule has 0 bridgehead atoms. The van der Waals surface area contributed by atoms with Gasteiger partial charge in [-0.15, -0.1) is 0 Å². The summed E-state index contributed by atoms with van der Waals surface area (Å²) in [6.45, 7) is 0.472. The minimum atomic E-state index is -1.43. The van der Waals surface area contributed by atoms with Gasteiger partial charge in [0.25, 0.3) is 0 Å². The highest BCUT2D eigenvalue weighted by atomic mass is 35.6. The number of allylic oxidation sites excluding steroid dienone is 3. The largest absolute Gasteiger partial charge is 0.489 e. The van der Waals surface area contributed by atoms with Gasteiger partial charge in [-0.25, -0.2) is 0 Å². The molecule has 1 nitrogen and oxygen atoms in total. The summed E-state index contributed by atoms with van der Waals surface area (Å²) in [5.74, 6) is 0.375. The zero-order chi connectivity index (χ0) is 7.61. The molecule has 0 aromatic heterocycles. The maximum absolute atomic E-state index is 5.52. The van der Waals surface area contributed by atoms with Crippen molar-refractivity contribution < 1.29 is 4.74 Å². The monoisotopic (exact) mass is 198 g/mol. The molecular formula is C6H5Cl3O. The Labute approximate surface area is 74.2 Å². The second kappa shape index (κ2) is 3.04. The number of rotatable bonds is 0. The van der Waals surface area contributed by atoms with E-state index in [1.807, 2.05) is 6.08 Å². The molecule has 0 fully saturated rings. The molecule has 0 N–H and O–H groups in total. The van der Waals surface area contributed by atoms with Crippen molar-refractivity contribution in [2.45, 2.75) is 3.79 Å². The highest BCUT2D eigenvalue weighted by Crippen LogP contribution is 2.35. The van der Waals surface area contributed by atoms with Crippen LogP contribution in [-0.4, -0.2) is 10.4 Å². The summed E-state index contributed by atoms with van der Waals surface area (Å²) in [6, 6.07) is 0. The second-order valence-electron chi connectivity index (χ2n) is 1.77. The van der Waals surface area contributed by atoms with Gasteiger partial charge in [0.2, 0.25) is 3.79 Å². The average molecular weight is 199 g/mol. The summed E-state index contributed by atoms with van der Waals surface area (Å²) in [5, 5.41) is 0. The SMILES string of the molecule is ClC(Cl)(Cl)C1=CC=CCO1. The molecule has 1 heterocycles.